The van der Waals surface area contributed by atoms with Gasteiger partial charge in [-0.1, -0.05) is 6.58 Å². The van der Waals surface area contributed by atoms with Gasteiger partial charge >= 0.3 is 0 Å². The lowest BCUT2D eigenvalue weighted by Crippen LogP contribution is -2.06. The van der Waals surface area contributed by atoms with Crippen molar-refractivity contribution in [3.05, 3.63) is 36.3 Å². The molecule has 64 valence electrons. The summed E-state index contributed by atoms with van der Waals surface area (Å²) in [4.78, 5) is 10.8. The highest BCUT2D eigenvalue weighted by Gasteiger charge is 2.15. The van der Waals surface area contributed by atoms with Crippen LogP contribution >= 0.6 is 0 Å². The van der Waals surface area contributed by atoms with E-state index in [2.05, 4.69) is 6.58 Å². The van der Waals surface area contributed by atoms with E-state index in [0.29, 0.717) is 5.56 Å². The maximum atomic E-state index is 10.8. The standard InChI is InChI=1S/C9H10O3/c1-6(7(2)10)9(11)8-3-4-12-5-8/h3-5,9,11H,1H2,2H3. The highest BCUT2D eigenvalue weighted by atomic mass is 16.3. The fourth-order valence-electron chi connectivity index (χ4n) is 0.824. The molecule has 1 aromatic rings. The molecular formula is C9H10O3. The van der Waals surface area contributed by atoms with Crippen LogP contribution < -0.4 is 0 Å². The molecule has 12 heavy (non-hydrogen) atoms. The van der Waals surface area contributed by atoms with Crippen LogP contribution in [0.1, 0.15) is 18.6 Å². The van der Waals surface area contributed by atoms with Gasteiger partial charge in [-0.05, 0) is 13.0 Å². The van der Waals surface area contributed by atoms with Gasteiger partial charge in [0, 0.05) is 11.1 Å². The van der Waals surface area contributed by atoms with Crippen molar-refractivity contribution < 1.29 is 14.3 Å². The van der Waals surface area contributed by atoms with Crippen LogP contribution in [-0.2, 0) is 4.79 Å². The molecule has 0 saturated heterocycles. The second-order valence-corrected chi connectivity index (χ2v) is 2.54. The van der Waals surface area contributed by atoms with E-state index in [1.54, 1.807) is 6.07 Å². The van der Waals surface area contributed by atoms with Gasteiger partial charge in [0.05, 0.1) is 12.5 Å². The minimum absolute atomic E-state index is 0.177. The second kappa shape index (κ2) is 3.36. The predicted octanol–water partition coefficient (Wildman–Crippen LogP) is 1.46. The first-order chi connectivity index (χ1) is 5.63. The van der Waals surface area contributed by atoms with Crippen molar-refractivity contribution in [2.24, 2.45) is 0 Å². The van der Waals surface area contributed by atoms with E-state index in [1.165, 1.54) is 19.5 Å². The third-order valence-electron chi connectivity index (χ3n) is 1.64. The maximum absolute atomic E-state index is 10.8. The van der Waals surface area contributed by atoms with Crippen molar-refractivity contribution in [2.45, 2.75) is 13.0 Å². The molecule has 1 unspecified atom stereocenters. The number of hydrogen-bond acceptors (Lipinski definition) is 3. The predicted molar refractivity (Wildman–Crippen MR) is 43.5 cm³/mol. The maximum Gasteiger partial charge on any atom is 0.158 e. The lowest BCUT2D eigenvalue weighted by molar-refractivity contribution is -0.114. The number of Topliss-reactive ketones (excluding diaryl/α,β-unsaturated/α-hetero) is 1. The fraction of sp³-hybridized carbons (Fsp3) is 0.222. The molecule has 0 amide bonds. The van der Waals surface area contributed by atoms with Gasteiger partial charge in [-0.15, -0.1) is 0 Å². The topological polar surface area (TPSA) is 50.4 Å². The van der Waals surface area contributed by atoms with Crippen molar-refractivity contribution >= 4 is 5.78 Å². The highest BCUT2D eigenvalue weighted by molar-refractivity contribution is 5.93. The van der Waals surface area contributed by atoms with E-state index in [0.717, 1.165) is 0 Å². The minimum atomic E-state index is -0.943. The quantitative estimate of drug-likeness (QED) is 0.691. The summed E-state index contributed by atoms with van der Waals surface area (Å²) in [7, 11) is 0. The smallest absolute Gasteiger partial charge is 0.158 e. The Bertz CT molecular complexity index is 285. The van der Waals surface area contributed by atoms with Gasteiger partial charge in [-0.25, -0.2) is 0 Å². The van der Waals surface area contributed by atoms with Crippen molar-refractivity contribution in [2.75, 3.05) is 0 Å². The average molecular weight is 166 g/mol. The van der Waals surface area contributed by atoms with Crippen LogP contribution in [0.15, 0.2) is 35.2 Å². The SMILES string of the molecule is C=C(C(C)=O)C(O)c1ccoc1. The number of hydrogen-bond donors (Lipinski definition) is 1. The van der Waals surface area contributed by atoms with Crippen LogP contribution in [-0.4, -0.2) is 10.9 Å². The lowest BCUT2D eigenvalue weighted by atomic mass is 10.0. The summed E-state index contributed by atoms with van der Waals surface area (Å²) < 4.78 is 4.75. The van der Waals surface area contributed by atoms with Gasteiger partial charge in [0.1, 0.15) is 6.10 Å². The first kappa shape index (κ1) is 8.74. The largest absolute Gasteiger partial charge is 0.472 e. The number of ketones is 1. The van der Waals surface area contributed by atoms with E-state index in [1.807, 2.05) is 0 Å². The summed E-state index contributed by atoms with van der Waals surface area (Å²) in [5, 5.41) is 9.47. The number of furan rings is 1. The summed E-state index contributed by atoms with van der Waals surface area (Å²) >= 11 is 0. The first-order valence-electron chi connectivity index (χ1n) is 3.53. The molecule has 0 radical (unpaired) electrons. The Kier molecular flexibility index (Phi) is 2.45. The van der Waals surface area contributed by atoms with E-state index < -0.39 is 6.10 Å². The van der Waals surface area contributed by atoms with E-state index >= 15 is 0 Å². The Labute approximate surface area is 70.3 Å². The van der Waals surface area contributed by atoms with E-state index in [9.17, 15) is 9.90 Å². The van der Waals surface area contributed by atoms with Gasteiger partial charge in [-0.2, -0.15) is 0 Å². The van der Waals surface area contributed by atoms with Crippen LogP contribution in [0.4, 0.5) is 0 Å². The average Bonchev–Trinajstić information content (AvgIpc) is 2.53. The van der Waals surface area contributed by atoms with Crippen molar-refractivity contribution in [1.82, 2.24) is 0 Å². The highest BCUT2D eigenvalue weighted by Crippen LogP contribution is 2.20. The van der Waals surface area contributed by atoms with E-state index in [4.69, 9.17) is 4.42 Å². The van der Waals surface area contributed by atoms with Crippen LogP contribution in [0.3, 0.4) is 0 Å². The van der Waals surface area contributed by atoms with Gasteiger partial charge in [0.2, 0.25) is 0 Å². The third-order valence-corrected chi connectivity index (χ3v) is 1.64. The lowest BCUT2D eigenvalue weighted by Gasteiger charge is -2.07. The fourth-order valence-corrected chi connectivity index (χ4v) is 0.824. The zero-order valence-electron chi connectivity index (χ0n) is 6.78. The van der Waals surface area contributed by atoms with Crippen molar-refractivity contribution in [3.8, 4) is 0 Å². The summed E-state index contributed by atoms with van der Waals surface area (Å²) in [5.74, 6) is -0.219. The first-order valence-corrected chi connectivity index (χ1v) is 3.53. The molecule has 0 aromatic carbocycles. The molecule has 1 heterocycles. The van der Waals surface area contributed by atoms with Gasteiger partial charge in [0.15, 0.2) is 5.78 Å². The zero-order valence-corrected chi connectivity index (χ0v) is 6.78. The zero-order chi connectivity index (χ0) is 9.14. The Morgan fingerprint density at radius 1 is 1.75 bits per heavy atom. The summed E-state index contributed by atoms with van der Waals surface area (Å²) in [6.45, 7) is 4.84. The van der Waals surface area contributed by atoms with Gasteiger partial charge < -0.3 is 9.52 Å². The molecule has 0 fully saturated rings. The summed E-state index contributed by atoms with van der Waals surface area (Å²) in [6.07, 6.45) is 1.88. The molecule has 3 heteroatoms. The van der Waals surface area contributed by atoms with Crippen molar-refractivity contribution in [3.63, 3.8) is 0 Å². The van der Waals surface area contributed by atoms with E-state index in [-0.39, 0.29) is 11.4 Å². The van der Waals surface area contributed by atoms with Crippen LogP contribution in [0.25, 0.3) is 0 Å². The number of carbonyl (C=O) groups excluding carboxylic acids is 1. The summed E-state index contributed by atoms with van der Waals surface area (Å²) in [5.41, 5.74) is 0.728. The molecule has 0 aliphatic carbocycles. The van der Waals surface area contributed by atoms with Crippen LogP contribution in [0.2, 0.25) is 0 Å². The molecule has 0 aliphatic heterocycles. The normalized spacial score (nSPS) is 12.5. The minimum Gasteiger partial charge on any atom is -0.472 e. The molecule has 0 spiro atoms. The Morgan fingerprint density at radius 2 is 2.42 bits per heavy atom. The number of carbonyl (C=O) groups is 1. The van der Waals surface area contributed by atoms with Crippen LogP contribution in [0.5, 0.6) is 0 Å². The number of rotatable bonds is 3. The summed E-state index contributed by atoms with van der Waals surface area (Å²) in [6, 6.07) is 1.60. The molecule has 1 rings (SSSR count). The van der Waals surface area contributed by atoms with Gasteiger partial charge in [-0.3, -0.25) is 4.79 Å². The molecule has 1 atom stereocenters. The third kappa shape index (κ3) is 1.62. The monoisotopic (exact) mass is 166 g/mol. The molecule has 0 saturated carbocycles. The Balaban J connectivity index is 2.79. The molecule has 1 N–H and O–H groups in total. The number of aliphatic hydroxyl groups is 1. The Hall–Kier alpha value is -1.35. The Morgan fingerprint density at radius 3 is 2.83 bits per heavy atom. The molecule has 3 nitrogen and oxygen atoms in total. The molecule has 1 aromatic heterocycles. The van der Waals surface area contributed by atoms with Crippen LogP contribution in [0, 0.1) is 0 Å². The molecule has 0 aliphatic rings. The van der Waals surface area contributed by atoms with Gasteiger partial charge in [0.25, 0.3) is 0 Å². The molecule has 0 bridgehead atoms. The molecular weight excluding hydrogens is 156 g/mol. The van der Waals surface area contributed by atoms with Crippen molar-refractivity contribution in [1.29, 1.82) is 0 Å². The number of aliphatic hydroxyl groups excluding tert-OH is 1. The second-order valence-electron chi connectivity index (χ2n) is 2.54.